The Kier molecular flexibility index (Phi) is 8.43. The third-order valence-electron chi connectivity index (χ3n) is 7.17. The van der Waals surface area contributed by atoms with Crippen LogP contribution in [0.5, 0.6) is 11.5 Å². The topological polar surface area (TPSA) is 143 Å². The first-order valence-corrected chi connectivity index (χ1v) is 15.0. The Morgan fingerprint density at radius 2 is 1.91 bits per heavy atom. The summed E-state index contributed by atoms with van der Waals surface area (Å²) in [4.78, 5) is 27.9. The van der Waals surface area contributed by atoms with Crippen LogP contribution in [0.1, 0.15) is 38.2 Å². The Labute approximate surface area is 256 Å². The van der Waals surface area contributed by atoms with Crippen LogP contribution in [-0.2, 0) is 9.59 Å². The molecule has 0 bridgehead atoms. The average molecular weight is 621 g/mol. The number of hydrogen-bond donors (Lipinski definition) is 2. The maximum Gasteiger partial charge on any atom is 0.234 e. The number of ketones is 1. The molecule has 1 aromatic heterocycles. The van der Waals surface area contributed by atoms with Gasteiger partial charge in [-0.3, -0.25) is 14.5 Å². The molecule has 0 fully saturated rings. The quantitative estimate of drug-likeness (QED) is 0.316. The van der Waals surface area contributed by atoms with Gasteiger partial charge < -0.3 is 20.5 Å². The minimum atomic E-state index is -0.720. The third kappa shape index (κ3) is 6.07. The molecule has 0 saturated carbocycles. The maximum atomic E-state index is 13.7. The number of halogens is 1. The Morgan fingerprint density at radius 3 is 2.58 bits per heavy atom. The van der Waals surface area contributed by atoms with Gasteiger partial charge in [-0.05, 0) is 41.7 Å². The predicted octanol–water partition coefficient (Wildman–Crippen LogP) is 5.37. The molecule has 43 heavy (non-hydrogen) atoms. The highest BCUT2D eigenvalue weighted by Gasteiger charge is 2.45. The molecule has 1 aliphatic carbocycles. The number of nitriles is 1. The van der Waals surface area contributed by atoms with Crippen LogP contribution in [-0.4, -0.2) is 41.9 Å². The molecule has 2 heterocycles. The number of carbonyl (C=O) groups excluding carboxylic acids is 2. The molecule has 3 aromatic rings. The van der Waals surface area contributed by atoms with Gasteiger partial charge >= 0.3 is 0 Å². The second kappa shape index (κ2) is 12.1. The lowest BCUT2D eigenvalue weighted by atomic mass is 9.69. The molecule has 3 N–H and O–H groups in total. The van der Waals surface area contributed by atoms with Crippen molar-refractivity contribution in [3.8, 4) is 17.6 Å². The predicted molar refractivity (Wildman–Crippen MR) is 162 cm³/mol. The Hall–Kier alpha value is -4.41. The van der Waals surface area contributed by atoms with Crippen molar-refractivity contribution >= 4 is 45.6 Å². The number of amides is 1. The van der Waals surface area contributed by atoms with Gasteiger partial charge in [-0.25, -0.2) is 4.39 Å². The zero-order chi connectivity index (χ0) is 30.9. The number of allylic oxidation sites excluding steroid dienone is 3. The van der Waals surface area contributed by atoms with Crippen LogP contribution in [0.25, 0.3) is 0 Å². The highest BCUT2D eigenvalue weighted by atomic mass is 32.2. The summed E-state index contributed by atoms with van der Waals surface area (Å²) in [5.41, 5.74) is 8.71. The molecule has 1 aliphatic heterocycles. The average Bonchev–Trinajstić information content (AvgIpc) is 3.43. The van der Waals surface area contributed by atoms with Gasteiger partial charge in [-0.15, -0.1) is 10.2 Å². The number of nitrogens with two attached hydrogens (primary N) is 1. The van der Waals surface area contributed by atoms with E-state index in [4.69, 9.17) is 15.2 Å². The molecule has 1 unspecified atom stereocenters. The number of thioether (sulfide) groups is 1. The lowest BCUT2D eigenvalue weighted by Gasteiger charge is -2.42. The second-order valence-corrected chi connectivity index (χ2v) is 13.0. The fraction of sp³-hybridized carbons (Fsp3) is 0.300. The first-order valence-electron chi connectivity index (χ1n) is 13.2. The molecular formula is C30H29FN6O4S2. The number of rotatable bonds is 8. The van der Waals surface area contributed by atoms with Gasteiger partial charge in [-0.2, -0.15) is 5.26 Å². The molecule has 5 rings (SSSR count). The zero-order valence-electron chi connectivity index (χ0n) is 23.9. The summed E-state index contributed by atoms with van der Waals surface area (Å²) in [5.74, 6) is -0.260. The number of ether oxygens (including phenoxy) is 2. The SMILES string of the molecule is COc1ccc(NC(=O)CSc2nnc(N3C(N)=C(C#N)C(c4ccc(F)cc4)C4=C3CC(C)(C)CC4=O)s2)cc1OC. The maximum absolute atomic E-state index is 13.7. The third-order valence-corrected chi connectivity index (χ3v) is 9.21. The molecule has 0 saturated heterocycles. The standard InChI is InChI=1S/C30H29FN6O4S2/c1-30(2)12-20-26(21(38)13-30)25(16-5-7-17(31)8-6-16)19(14-32)27(33)37(20)28-35-36-29(43-28)42-15-24(39)34-18-9-10-22(40-3)23(11-18)41-4/h5-11,25H,12-13,15,33H2,1-4H3,(H,34,39). The number of nitrogens with zero attached hydrogens (tertiary/aromatic N) is 4. The van der Waals surface area contributed by atoms with Crippen molar-refractivity contribution in [1.82, 2.24) is 10.2 Å². The van der Waals surface area contributed by atoms with Crippen LogP contribution in [0.15, 0.2) is 69.5 Å². The molecule has 1 atom stereocenters. The van der Waals surface area contributed by atoms with E-state index in [1.54, 1.807) is 35.2 Å². The van der Waals surface area contributed by atoms with Crippen LogP contribution < -0.4 is 25.4 Å². The van der Waals surface area contributed by atoms with Gasteiger partial charge in [0.1, 0.15) is 11.6 Å². The van der Waals surface area contributed by atoms with Gasteiger partial charge in [0.25, 0.3) is 0 Å². The van der Waals surface area contributed by atoms with Crippen LogP contribution in [0.2, 0.25) is 0 Å². The Morgan fingerprint density at radius 1 is 1.19 bits per heavy atom. The molecule has 0 spiro atoms. The number of methoxy groups -OCH3 is 2. The summed E-state index contributed by atoms with van der Waals surface area (Å²) in [6, 6.07) is 13.0. The van der Waals surface area contributed by atoms with Crippen molar-refractivity contribution in [2.45, 2.75) is 36.9 Å². The van der Waals surface area contributed by atoms with E-state index in [2.05, 4.69) is 21.6 Å². The summed E-state index contributed by atoms with van der Waals surface area (Å²) in [6.07, 6.45) is 0.795. The van der Waals surface area contributed by atoms with E-state index in [9.17, 15) is 19.2 Å². The molecule has 10 nitrogen and oxygen atoms in total. The number of hydrogen-bond acceptors (Lipinski definition) is 11. The number of carbonyl (C=O) groups is 2. The number of anilines is 2. The molecule has 0 radical (unpaired) electrons. The molecular weight excluding hydrogens is 592 g/mol. The number of aromatic nitrogens is 2. The molecule has 13 heteroatoms. The number of Topliss-reactive ketones (excluding diaryl/α,β-unsaturated/α-hetero) is 1. The normalized spacial score (nSPS) is 17.8. The van der Waals surface area contributed by atoms with Crippen molar-refractivity contribution in [3.63, 3.8) is 0 Å². The minimum absolute atomic E-state index is 0.0594. The number of nitrogens with one attached hydrogen (secondary N) is 1. The second-order valence-electron chi connectivity index (χ2n) is 10.8. The van der Waals surface area contributed by atoms with Crippen molar-refractivity contribution in [2.75, 3.05) is 30.2 Å². The molecule has 2 aromatic carbocycles. The van der Waals surface area contributed by atoms with E-state index >= 15 is 0 Å². The molecule has 1 amide bonds. The van der Waals surface area contributed by atoms with Crippen LogP contribution in [0.4, 0.5) is 15.2 Å². The first kappa shape index (κ1) is 30.1. The van der Waals surface area contributed by atoms with E-state index in [1.165, 1.54) is 49.5 Å². The van der Waals surface area contributed by atoms with E-state index in [0.29, 0.717) is 56.3 Å². The van der Waals surface area contributed by atoms with E-state index < -0.39 is 11.7 Å². The first-order chi connectivity index (χ1) is 20.5. The lowest BCUT2D eigenvalue weighted by Crippen LogP contribution is -2.42. The summed E-state index contributed by atoms with van der Waals surface area (Å²) < 4.78 is 24.8. The van der Waals surface area contributed by atoms with Gasteiger partial charge in [-0.1, -0.05) is 49.1 Å². The Bertz CT molecular complexity index is 1690. The van der Waals surface area contributed by atoms with Crippen molar-refractivity contribution in [1.29, 1.82) is 5.26 Å². The molecule has 222 valence electrons. The van der Waals surface area contributed by atoms with Crippen LogP contribution >= 0.6 is 23.1 Å². The summed E-state index contributed by atoms with van der Waals surface area (Å²) in [5, 5.41) is 22.0. The van der Waals surface area contributed by atoms with E-state index in [-0.39, 0.29) is 34.3 Å². The summed E-state index contributed by atoms with van der Waals surface area (Å²) in [6.45, 7) is 4.00. The van der Waals surface area contributed by atoms with Crippen LogP contribution in [0.3, 0.4) is 0 Å². The highest BCUT2D eigenvalue weighted by Crippen LogP contribution is 2.50. The molecule has 2 aliphatic rings. The fourth-order valence-electron chi connectivity index (χ4n) is 5.31. The summed E-state index contributed by atoms with van der Waals surface area (Å²) >= 11 is 2.40. The number of benzene rings is 2. The van der Waals surface area contributed by atoms with Gasteiger partial charge in [0.05, 0.1) is 37.5 Å². The van der Waals surface area contributed by atoms with E-state index in [1.807, 2.05) is 13.8 Å². The summed E-state index contributed by atoms with van der Waals surface area (Å²) in [7, 11) is 3.05. The van der Waals surface area contributed by atoms with E-state index in [0.717, 1.165) is 0 Å². The van der Waals surface area contributed by atoms with Gasteiger partial charge in [0.15, 0.2) is 21.6 Å². The minimum Gasteiger partial charge on any atom is -0.493 e. The van der Waals surface area contributed by atoms with Crippen molar-refractivity contribution < 1.29 is 23.5 Å². The van der Waals surface area contributed by atoms with Gasteiger partial charge in [0.2, 0.25) is 11.0 Å². The zero-order valence-corrected chi connectivity index (χ0v) is 25.6. The largest absolute Gasteiger partial charge is 0.493 e. The Balaban J connectivity index is 1.42. The van der Waals surface area contributed by atoms with Crippen molar-refractivity contribution in [3.05, 3.63) is 76.5 Å². The van der Waals surface area contributed by atoms with Crippen molar-refractivity contribution in [2.24, 2.45) is 11.1 Å². The smallest absolute Gasteiger partial charge is 0.234 e. The lowest BCUT2D eigenvalue weighted by molar-refractivity contribution is -0.118. The van der Waals surface area contributed by atoms with Gasteiger partial charge in [0, 0.05) is 29.4 Å². The van der Waals surface area contributed by atoms with Crippen LogP contribution in [0, 0.1) is 22.6 Å². The highest BCUT2D eigenvalue weighted by molar-refractivity contribution is 8.01. The fourth-order valence-corrected chi connectivity index (χ4v) is 6.99. The monoisotopic (exact) mass is 620 g/mol.